The molecule has 13 nitrogen and oxygen atoms in total. The Bertz CT molecular complexity index is 1100. The molecule has 0 fully saturated rings. The summed E-state index contributed by atoms with van der Waals surface area (Å²) < 4.78 is 49.1. The van der Waals surface area contributed by atoms with Gasteiger partial charge in [-0.2, -0.15) is 0 Å². The molecular weight excluding hydrogens is 514 g/mol. The van der Waals surface area contributed by atoms with Gasteiger partial charge in [0.15, 0.2) is 0 Å². The van der Waals surface area contributed by atoms with Crippen molar-refractivity contribution in [3.05, 3.63) is 29.8 Å². The van der Waals surface area contributed by atoms with Gasteiger partial charge in [0.25, 0.3) is 10.0 Å². The van der Waals surface area contributed by atoms with Crippen molar-refractivity contribution in [1.29, 1.82) is 0 Å². The lowest BCUT2D eigenvalue weighted by molar-refractivity contribution is -0.137. The number of nitrogens with two attached hydrogens (primary N) is 1. The molecule has 0 aliphatic carbocycles. The van der Waals surface area contributed by atoms with Crippen molar-refractivity contribution in [1.82, 2.24) is 13.7 Å². The number of carbonyl (C=O) groups is 3. The lowest BCUT2D eigenvalue weighted by Gasteiger charge is -2.33. The number of aliphatic carboxylic acids is 1. The van der Waals surface area contributed by atoms with Crippen LogP contribution in [0.15, 0.2) is 24.3 Å². The molecule has 0 aliphatic rings. The third kappa shape index (κ3) is 9.06. The van der Waals surface area contributed by atoms with E-state index in [2.05, 4.69) is 5.32 Å². The number of nitrogens with one attached hydrogen (secondary N) is 1. The van der Waals surface area contributed by atoms with Gasteiger partial charge in [-0.1, -0.05) is 16.5 Å². The number of sulfonamides is 2. The molecule has 192 valence electrons. The van der Waals surface area contributed by atoms with Crippen molar-refractivity contribution in [2.24, 2.45) is 5.73 Å². The number of carboxylic acids is 1. The number of anilines is 1. The van der Waals surface area contributed by atoms with Gasteiger partial charge in [-0.05, 0) is 24.1 Å². The largest absolute Gasteiger partial charge is 0.481 e. The first-order chi connectivity index (χ1) is 15.6. The van der Waals surface area contributed by atoms with Crippen LogP contribution in [0.4, 0.5) is 10.5 Å². The number of hydrazine groups is 1. The van der Waals surface area contributed by atoms with E-state index in [-0.39, 0.29) is 29.7 Å². The topological polar surface area (TPSA) is 187 Å². The van der Waals surface area contributed by atoms with Gasteiger partial charge in [0.1, 0.15) is 0 Å². The van der Waals surface area contributed by atoms with Gasteiger partial charge in [-0.25, -0.2) is 21.6 Å². The number of carbonyl (C=O) groups excluding carboxylic acids is 2. The normalized spacial score (nSPS) is 12.8. The molecular formula is C18H28ClN5O8S2. The minimum absolute atomic E-state index is 0.0305. The summed E-state index contributed by atoms with van der Waals surface area (Å²) in [6.07, 6.45) is 1.17. The fraction of sp³-hybridized carbons (Fsp3) is 0.500. The van der Waals surface area contributed by atoms with Crippen molar-refractivity contribution in [3.8, 4) is 0 Å². The number of rotatable bonds is 12. The Balaban J connectivity index is 2.95. The number of nitrogens with zero attached hydrogens (tertiary/aromatic N) is 3. The highest BCUT2D eigenvalue weighted by Gasteiger charge is 2.37. The molecule has 0 aliphatic heterocycles. The van der Waals surface area contributed by atoms with Crippen molar-refractivity contribution in [2.45, 2.75) is 25.4 Å². The van der Waals surface area contributed by atoms with E-state index in [0.717, 1.165) is 11.2 Å². The first-order valence-corrected chi connectivity index (χ1v) is 14.0. The van der Waals surface area contributed by atoms with Gasteiger partial charge in [0.2, 0.25) is 15.9 Å². The van der Waals surface area contributed by atoms with Crippen LogP contribution in [0.1, 0.15) is 18.4 Å². The average molecular weight is 542 g/mol. The van der Waals surface area contributed by atoms with Crippen LogP contribution < -0.4 is 11.1 Å². The first kappa shape index (κ1) is 29.6. The predicted molar refractivity (Wildman–Crippen MR) is 126 cm³/mol. The summed E-state index contributed by atoms with van der Waals surface area (Å²) in [5, 5.41) is 11.2. The number of hydrogen-bond donors (Lipinski definition) is 3. The lowest BCUT2D eigenvalue weighted by atomic mass is 10.1. The van der Waals surface area contributed by atoms with Crippen LogP contribution in [-0.2, 0) is 36.2 Å². The maximum absolute atomic E-state index is 12.9. The minimum atomic E-state index is -4.31. The molecule has 3 amide bonds. The van der Waals surface area contributed by atoms with Gasteiger partial charge in [0, 0.05) is 38.1 Å². The Morgan fingerprint density at radius 3 is 2.09 bits per heavy atom. The Hall–Kier alpha value is -2.46. The second-order valence-corrected chi connectivity index (χ2v) is 11.4. The van der Waals surface area contributed by atoms with Crippen LogP contribution in [0.25, 0.3) is 0 Å². The van der Waals surface area contributed by atoms with Crippen LogP contribution in [0.2, 0.25) is 0 Å². The highest BCUT2D eigenvalue weighted by molar-refractivity contribution is 7.91. The molecule has 1 aromatic rings. The quantitative estimate of drug-likeness (QED) is 0.242. The van der Waals surface area contributed by atoms with Gasteiger partial charge in [-0.3, -0.25) is 9.59 Å². The molecule has 0 heterocycles. The summed E-state index contributed by atoms with van der Waals surface area (Å²) in [6, 6.07) is 4.02. The van der Waals surface area contributed by atoms with Gasteiger partial charge in [-0.15, -0.1) is 16.0 Å². The van der Waals surface area contributed by atoms with Crippen LogP contribution in [0.5, 0.6) is 0 Å². The zero-order chi connectivity index (χ0) is 26.3. The van der Waals surface area contributed by atoms with E-state index in [4.69, 9.17) is 22.4 Å². The van der Waals surface area contributed by atoms with Gasteiger partial charge in [0.05, 0.1) is 18.6 Å². The van der Waals surface area contributed by atoms with Crippen LogP contribution >= 0.6 is 11.6 Å². The van der Waals surface area contributed by atoms with Gasteiger partial charge >= 0.3 is 12.0 Å². The molecule has 0 spiro atoms. The number of urea groups is 1. The second-order valence-electron chi connectivity index (χ2n) is 7.37. The summed E-state index contributed by atoms with van der Waals surface area (Å²) in [5.41, 5.74) is 6.57. The van der Waals surface area contributed by atoms with E-state index in [1.807, 2.05) is 0 Å². The van der Waals surface area contributed by atoms with E-state index >= 15 is 0 Å². The zero-order valence-electron chi connectivity index (χ0n) is 18.8. The number of benzene rings is 1. The van der Waals surface area contributed by atoms with E-state index in [9.17, 15) is 31.2 Å². The standard InChI is InChI=1S/C18H28ClN5O8S2/c1-22(18(28)24(34(3,31)32)23(11-10-19)33(2,29)30)12-13-4-6-14(7-5-13)21-17(27)15(20)8-9-16(25)26/h4-7,15H,8-12,20H2,1-3H3,(H,21,27)(H,25,26). The Kier molecular flexibility index (Phi) is 10.7. The summed E-state index contributed by atoms with van der Waals surface area (Å²) in [4.78, 5) is 36.5. The van der Waals surface area contributed by atoms with Crippen molar-refractivity contribution < 1.29 is 36.3 Å². The first-order valence-electron chi connectivity index (χ1n) is 9.74. The summed E-state index contributed by atoms with van der Waals surface area (Å²) in [6.45, 7) is -0.522. The highest BCUT2D eigenvalue weighted by Crippen LogP contribution is 2.16. The molecule has 34 heavy (non-hydrogen) atoms. The average Bonchev–Trinajstić information content (AvgIpc) is 2.71. The SMILES string of the molecule is CN(Cc1ccc(NC(=O)C(N)CCC(=O)O)cc1)C(=O)N(N(CCCl)S(C)(=O)=O)S(C)(=O)=O. The van der Waals surface area contributed by atoms with Crippen LogP contribution in [0.3, 0.4) is 0 Å². The fourth-order valence-electron chi connectivity index (χ4n) is 2.69. The molecule has 1 unspecified atom stereocenters. The monoisotopic (exact) mass is 541 g/mol. The van der Waals surface area contributed by atoms with E-state index < -0.39 is 50.5 Å². The summed E-state index contributed by atoms with van der Waals surface area (Å²) in [5.74, 6) is -1.88. The number of halogens is 1. The fourth-order valence-corrected chi connectivity index (χ4v) is 5.28. The predicted octanol–water partition coefficient (Wildman–Crippen LogP) is 0.0460. The maximum atomic E-state index is 12.9. The Morgan fingerprint density at radius 1 is 1.09 bits per heavy atom. The molecule has 0 bridgehead atoms. The van der Waals surface area contributed by atoms with Crippen molar-refractivity contribution >= 4 is 55.2 Å². The summed E-state index contributed by atoms with van der Waals surface area (Å²) in [7, 11) is -7.15. The molecule has 0 aromatic heterocycles. The number of carboxylic acid groups (broad SMARTS) is 1. The van der Waals surface area contributed by atoms with Crippen LogP contribution in [0, 0.1) is 0 Å². The Labute approximate surface area is 203 Å². The summed E-state index contributed by atoms with van der Waals surface area (Å²) >= 11 is 5.60. The van der Waals surface area contributed by atoms with E-state index in [0.29, 0.717) is 21.9 Å². The molecule has 0 radical (unpaired) electrons. The van der Waals surface area contributed by atoms with Crippen LogP contribution in [-0.4, -0.2) is 91.6 Å². The van der Waals surface area contributed by atoms with Crippen molar-refractivity contribution in [2.75, 3.05) is 37.3 Å². The Morgan fingerprint density at radius 2 is 1.65 bits per heavy atom. The third-order valence-electron chi connectivity index (χ3n) is 4.31. The highest BCUT2D eigenvalue weighted by atomic mass is 35.5. The number of hydrogen-bond acceptors (Lipinski definition) is 8. The van der Waals surface area contributed by atoms with Crippen molar-refractivity contribution in [3.63, 3.8) is 0 Å². The van der Waals surface area contributed by atoms with Gasteiger partial charge < -0.3 is 21.1 Å². The van der Waals surface area contributed by atoms with E-state index in [1.165, 1.54) is 19.2 Å². The molecule has 16 heteroatoms. The molecule has 1 aromatic carbocycles. The van der Waals surface area contributed by atoms with E-state index in [1.54, 1.807) is 12.1 Å². The minimum Gasteiger partial charge on any atom is -0.481 e. The molecule has 0 saturated carbocycles. The molecule has 1 atom stereocenters. The maximum Gasteiger partial charge on any atom is 0.349 e. The number of amides is 3. The second kappa shape index (κ2) is 12.3. The lowest BCUT2D eigenvalue weighted by Crippen LogP contribution is -2.55. The number of alkyl halides is 1. The molecule has 4 N–H and O–H groups in total. The molecule has 1 rings (SSSR count). The molecule has 0 saturated heterocycles. The smallest absolute Gasteiger partial charge is 0.349 e. The zero-order valence-corrected chi connectivity index (χ0v) is 21.2. The third-order valence-corrected chi connectivity index (χ3v) is 6.68.